The number of ether oxygens (including phenoxy) is 1. The number of carbonyl (C=O) groups is 3. The Labute approximate surface area is 152 Å². The number of benzene rings is 2. The van der Waals surface area contributed by atoms with Gasteiger partial charge < -0.3 is 15.4 Å². The minimum Gasteiger partial charge on any atom is -0.465 e. The highest BCUT2D eigenvalue weighted by Crippen LogP contribution is 2.14. The van der Waals surface area contributed by atoms with Gasteiger partial charge in [-0.2, -0.15) is 0 Å². The van der Waals surface area contributed by atoms with Gasteiger partial charge in [-0.1, -0.05) is 30.3 Å². The van der Waals surface area contributed by atoms with Crippen molar-refractivity contribution in [2.75, 3.05) is 17.2 Å². The zero-order valence-electron chi connectivity index (χ0n) is 14.7. The average Bonchev–Trinajstić information content (AvgIpc) is 2.62. The molecule has 0 heterocycles. The topological polar surface area (TPSA) is 84.5 Å². The Morgan fingerprint density at radius 1 is 0.846 bits per heavy atom. The van der Waals surface area contributed by atoms with Crippen molar-refractivity contribution in [1.29, 1.82) is 0 Å². The molecule has 0 fully saturated rings. The Balaban J connectivity index is 1.66. The van der Waals surface area contributed by atoms with E-state index < -0.39 is 5.97 Å². The van der Waals surface area contributed by atoms with Crippen LogP contribution in [0.5, 0.6) is 0 Å². The summed E-state index contributed by atoms with van der Waals surface area (Å²) in [4.78, 5) is 34.5. The number of esters is 1. The standard InChI is InChI=1S/C20H22N2O4/c1-15(23)21-17-7-9-18(10-8-17)22-19(24)11-12-20(25)26-14-13-16-5-3-2-4-6-16/h2-10H,11-14H2,1H3,(H,21,23)(H,22,24). The van der Waals surface area contributed by atoms with Crippen molar-refractivity contribution in [3.63, 3.8) is 0 Å². The zero-order chi connectivity index (χ0) is 18.8. The first-order valence-corrected chi connectivity index (χ1v) is 8.40. The van der Waals surface area contributed by atoms with Crippen LogP contribution in [0.2, 0.25) is 0 Å². The SMILES string of the molecule is CC(=O)Nc1ccc(NC(=O)CCC(=O)OCCc2ccccc2)cc1. The molecule has 0 saturated carbocycles. The van der Waals surface area contributed by atoms with Crippen LogP contribution >= 0.6 is 0 Å². The van der Waals surface area contributed by atoms with Crippen LogP contribution < -0.4 is 10.6 Å². The molecule has 2 N–H and O–H groups in total. The molecule has 2 amide bonds. The molecule has 0 atom stereocenters. The fraction of sp³-hybridized carbons (Fsp3) is 0.250. The third-order valence-corrected chi connectivity index (χ3v) is 3.54. The van der Waals surface area contributed by atoms with E-state index in [1.807, 2.05) is 30.3 Å². The van der Waals surface area contributed by atoms with Crippen molar-refractivity contribution >= 4 is 29.2 Å². The summed E-state index contributed by atoms with van der Waals surface area (Å²) in [7, 11) is 0. The Hall–Kier alpha value is -3.15. The molecule has 2 aromatic carbocycles. The molecule has 6 nitrogen and oxygen atoms in total. The molecule has 2 rings (SSSR count). The predicted octanol–water partition coefficient (Wildman–Crippen LogP) is 3.15. The van der Waals surface area contributed by atoms with Gasteiger partial charge in [0, 0.05) is 31.1 Å². The molecule has 0 bridgehead atoms. The van der Waals surface area contributed by atoms with Crippen LogP contribution in [0.15, 0.2) is 54.6 Å². The van der Waals surface area contributed by atoms with Gasteiger partial charge in [-0.25, -0.2) is 0 Å². The van der Waals surface area contributed by atoms with Gasteiger partial charge in [0.25, 0.3) is 0 Å². The maximum absolute atomic E-state index is 11.9. The van der Waals surface area contributed by atoms with E-state index in [0.717, 1.165) is 5.56 Å². The number of amides is 2. The minimum atomic E-state index is -0.392. The van der Waals surface area contributed by atoms with Gasteiger partial charge in [0.2, 0.25) is 11.8 Å². The van der Waals surface area contributed by atoms with Gasteiger partial charge >= 0.3 is 5.97 Å². The van der Waals surface area contributed by atoms with E-state index in [4.69, 9.17) is 4.74 Å². The van der Waals surface area contributed by atoms with Crippen LogP contribution in [0.3, 0.4) is 0 Å². The number of hydrogen-bond acceptors (Lipinski definition) is 4. The summed E-state index contributed by atoms with van der Waals surface area (Å²) in [5, 5.41) is 5.34. The van der Waals surface area contributed by atoms with Crippen molar-refractivity contribution in [3.8, 4) is 0 Å². The monoisotopic (exact) mass is 354 g/mol. The van der Waals surface area contributed by atoms with E-state index >= 15 is 0 Å². The lowest BCUT2D eigenvalue weighted by atomic mass is 10.2. The fourth-order valence-corrected chi connectivity index (χ4v) is 2.28. The second-order valence-electron chi connectivity index (χ2n) is 5.76. The van der Waals surface area contributed by atoms with Crippen LogP contribution in [0.25, 0.3) is 0 Å². The van der Waals surface area contributed by atoms with Crippen molar-refractivity contribution in [3.05, 3.63) is 60.2 Å². The molecule has 0 unspecified atom stereocenters. The molecule has 6 heteroatoms. The summed E-state index contributed by atoms with van der Waals surface area (Å²) >= 11 is 0. The normalized spacial score (nSPS) is 10.0. The van der Waals surface area contributed by atoms with E-state index in [-0.39, 0.29) is 24.7 Å². The maximum atomic E-state index is 11.9. The molecular weight excluding hydrogens is 332 g/mol. The number of anilines is 2. The van der Waals surface area contributed by atoms with Crippen LogP contribution in [0.4, 0.5) is 11.4 Å². The number of carbonyl (C=O) groups excluding carboxylic acids is 3. The van der Waals surface area contributed by atoms with Crippen LogP contribution in [0.1, 0.15) is 25.3 Å². The average molecular weight is 354 g/mol. The van der Waals surface area contributed by atoms with Gasteiger partial charge in [0.1, 0.15) is 0 Å². The maximum Gasteiger partial charge on any atom is 0.306 e. The number of nitrogens with one attached hydrogen (secondary N) is 2. The van der Waals surface area contributed by atoms with E-state index in [1.165, 1.54) is 6.92 Å². The molecule has 0 aliphatic rings. The van der Waals surface area contributed by atoms with E-state index in [9.17, 15) is 14.4 Å². The Bertz CT molecular complexity index is 742. The molecule has 136 valence electrons. The third-order valence-electron chi connectivity index (χ3n) is 3.54. The second kappa shape index (κ2) is 9.98. The summed E-state index contributed by atoms with van der Waals surface area (Å²) < 4.78 is 5.14. The summed E-state index contributed by atoms with van der Waals surface area (Å²) in [6.07, 6.45) is 0.738. The molecule has 0 aliphatic carbocycles. The van der Waals surface area contributed by atoms with Gasteiger partial charge in [-0.3, -0.25) is 14.4 Å². The van der Waals surface area contributed by atoms with E-state index in [2.05, 4.69) is 10.6 Å². The zero-order valence-corrected chi connectivity index (χ0v) is 14.7. The first-order valence-electron chi connectivity index (χ1n) is 8.40. The van der Waals surface area contributed by atoms with Crippen molar-refractivity contribution in [2.24, 2.45) is 0 Å². The Kier molecular flexibility index (Phi) is 7.36. The molecule has 0 aliphatic heterocycles. The van der Waals surface area contributed by atoms with Gasteiger partial charge in [0.05, 0.1) is 13.0 Å². The molecule has 0 saturated heterocycles. The largest absolute Gasteiger partial charge is 0.465 e. The summed E-state index contributed by atoms with van der Waals surface area (Å²) in [5.41, 5.74) is 2.35. The van der Waals surface area contributed by atoms with E-state index in [0.29, 0.717) is 24.4 Å². The predicted molar refractivity (Wildman–Crippen MR) is 99.7 cm³/mol. The Morgan fingerprint density at radius 2 is 1.46 bits per heavy atom. The first-order chi connectivity index (χ1) is 12.5. The number of rotatable bonds is 8. The van der Waals surface area contributed by atoms with E-state index in [1.54, 1.807) is 24.3 Å². The lowest BCUT2D eigenvalue weighted by Crippen LogP contribution is -2.15. The lowest BCUT2D eigenvalue weighted by Gasteiger charge is -2.07. The van der Waals surface area contributed by atoms with Gasteiger partial charge in [0.15, 0.2) is 0 Å². The molecule has 0 aromatic heterocycles. The summed E-state index contributed by atoms with van der Waals surface area (Å²) in [6.45, 7) is 1.73. The Morgan fingerprint density at radius 3 is 2.08 bits per heavy atom. The summed E-state index contributed by atoms with van der Waals surface area (Å²) in [5.74, 6) is -0.818. The molecule has 0 radical (unpaired) electrons. The van der Waals surface area contributed by atoms with Gasteiger partial charge in [-0.05, 0) is 29.8 Å². The van der Waals surface area contributed by atoms with Crippen LogP contribution in [0, 0.1) is 0 Å². The quantitative estimate of drug-likeness (QED) is 0.713. The molecule has 26 heavy (non-hydrogen) atoms. The highest BCUT2D eigenvalue weighted by atomic mass is 16.5. The van der Waals surface area contributed by atoms with Crippen LogP contribution in [-0.4, -0.2) is 24.4 Å². The van der Waals surface area contributed by atoms with Crippen LogP contribution in [-0.2, 0) is 25.5 Å². The third kappa shape index (κ3) is 7.17. The van der Waals surface area contributed by atoms with Crippen molar-refractivity contribution in [1.82, 2.24) is 0 Å². The second-order valence-corrected chi connectivity index (χ2v) is 5.76. The summed E-state index contributed by atoms with van der Waals surface area (Å²) in [6, 6.07) is 16.5. The fourth-order valence-electron chi connectivity index (χ4n) is 2.28. The lowest BCUT2D eigenvalue weighted by molar-refractivity contribution is -0.144. The number of hydrogen-bond donors (Lipinski definition) is 2. The van der Waals surface area contributed by atoms with Crippen molar-refractivity contribution < 1.29 is 19.1 Å². The van der Waals surface area contributed by atoms with Gasteiger partial charge in [-0.15, -0.1) is 0 Å². The molecule has 2 aromatic rings. The first kappa shape index (κ1) is 19.2. The van der Waals surface area contributed by atoms with Crippen molar-refractivity contribution in [2.45, 2.75) is 26.2 Å². The molecular formula is C20H22N2O4. The minimum absolute atomic E-state index is 0.0323. The highest BCUT2D eigenvalue weighted by Gasteiger charge is 2.08. The molecule has 0 spiro atoms. The highest BCUT2D eigenvalue weighted by molar-refractivity contribution is 5.93. The smallest absolute Gasteiger partial charge is 0.306 e.